The summed E-state index contributed by atoms with van der Waals surface area (Å²) in [4.78, 5) is 17.2. The highest BCUT2D eigenvalue weighted by Crippen LogP contribution is 2.28. The average Bonchev–Trinajstić information content (AvgIpc) is 3.35. The number of nitriles is 1. The number of carbonyl (C=O) groups excluding carboxylic acids is 1. The van der Waals surface area contributed by atoms with Crippen LogP contribution in [0.3, 0.4) is 0 Å². The second-order valence-electron chi connectivity index (χ2n) is 7.55. The van der Waals surface area contributed by atoms with Crippen LogP contribution in [-0.2, 0) is 4.74 Å². The predicted octanol–water partition coefficient (Wildman–Crippen LogP) is 6.92. The summed E-state index contributed by atoms with van der Waals surface area (Å²) in [7, 11) is 0. The highest BCUT2D eigenvalue weighted by molar-refractivity contribution is 7.11. The van der Waals surface area contributed by atoms with Crippen LogP contribution in [0.1, 0.15) is 54.9 Å². The normalized spacial score (nSPS) is 11.0. The van der Waals surface area contributed by atoms with Crippen molar-refractivity contribution >= 4 is 28.6 Å². The van der Waals surface area contributed by atoms with Gasteiger partial charge in [-0.15, -0.1) is 11.3 Å². The number of carbonyl (C=O) groups is 1. The highest BCUT2D eigenvalue weighted by atomic mass is 32.1. The number of nitrogens with zero attached hydrogens (tertiary/aromatic N) is 2. The first-order valence-corrected chi connectivity index (χ1v) is 12.4. The molecule has 0 saturated carbocycles. The maximum atomic E-state index is 12.5. The van der Waals surface area contributed by atoms with E-state index < -0.39 is 0 Å². The van der Waals surface area contributed by atoms with Gasteiger partial charge in [-0.1, -0.05) is 38.3 Å². The van der Waals surface area contributed by atoms with Gasteiger partial charge in [0.2, 0.25) is 0 Å². The van der Waals surface area contributed by atoms with E-state index in [4.69, 9.17) is 9.47 Å². The van der Waals surface area contributed by atoms with E-state index in [0.717, 1.165) is 42.7 Å². The molecule has 1 heterocycles. The van der Waals surface area contributed by atoms with E-state index in [9.17, 15) is 10.1 Å². The van der Waals surface area contributed by atoms with Gasteiger partial charge >= 0.3 is 5.97 Å². The van der Waals surface area contributed by atoms with Gasteiger partial charge in [-0.25, -0.2) is 9.78 Å². The number of anilines is 1. The van der Waals surface area contributed by atoms with Crippen LogP contribution in [-0.4, -0.2) is 24.2 Å². The second kappa shape index (κ2) is 13.2. The SMILES string of the molecule is CCCCCCOC(=O)c1ccccc1N/C=C(\C#N)c1nc(-c2ccc(OCC)cc2)cs1. The Balaban J connectivity index is 1.69. The summed E-state index contributed by atoms with van der Waals surface area (Å²) in [5.41, 5.74) is 3.13. The van der Waals surface area contributed by atoms with E-state index >= 15 is 0 Å². The lowest BCUT2D eigenvalue weighted by molar-refractivity contribution is 0.0499. The monoisotopic (exact) mass is 475 g/mol. The van der Waals surface area contributed by atoms with Crippen molar-refractivity contribution in [2.75, 3.05) is 18.5 Å². The molecule has 176 valence electrons. The molecule has 6 nitrogen and oxygen atoms in total. The zero-order valence-electron chi connectivity index (χ0n) is 19.5. The third kappa shape index (κ3) is 6.93. The molecular formula is C27H29N3O3S. The first-order valence-electron chi connectivity index (χ1n) is 11.5. The maximum Gasteiger partial charge on any atom is 0.340 e. The molecule has 1 aromatic heterocycles. The summed E-state index contributed by atoms with van der Waals surface area (Å²) in [6.45, 7) is 5.10. The van der Waals surface area contributed by atoms with Crippen LogP contribution >= 0.6 is 11.3 Å². The van der Waals surface area contributed by atoms with Gasteiger partial charge in [0.15, 0.2) is 0 Å². The number of ether oxygens (including phenoxy) is 2. The van der Waals surface area contributed by atoms with E-state index in [1.807, 2.05) is 42.6 Å². The number of rotatable bonds is 12. The van der Waals surface area contributed by atoms with Crippen molar-refractivity contribution in [1.29, 1.82) is 5.26 Å². The molecule has 0 aliphatic heterocycles. The molecule has 2 aromatic carbocycles. The Labute approximate surface area is 204 Å². The fraction of sp³-hybridized carbons (Fsp3) is 0.296. The van der Waals surface area contributed by atoms with Crippen molar-refractivity contribution < 1.29 is 14.3 Å². The van der Waals surface area contributed by atoms with Crippen molar-refractivity contribution in [3.05, 3.63) is 70.7 Å². The molecule has 0 aliphatic rings. The molecule has 0 saturated heterocycles. The van der Waals surface area contributed by atoms with E-state index in [1.54, 1.807) is 24.4 Å². The van der Waals surface area contributed by atoms with Crippen LogP contribution in [0.2, 0.25) is 0 Å². The predicted molar refractivity (Wildman–Crippen MR) is 137 cm³/mol. The third-order valence-corrected chi connectivity index (χ3v) is 5.94. The first-order chi connectivity index (χ1) is 16.7. The molecule has 1 N–H and O–H groups in total. The zero-order chi connectivity index (χ0) is 24.2. The quantitative estimate of drug-likeness (QED) is 0.174. The Morgan fingerprint density at radius 2 is 1.91 bits per heavy atom. The summed E-state index contributed by atoms with van der Waals surface area (Å²) < 4.78 is 10.9. The number of para-hydroxylation sites is 1. The van der Waals surface area contributed by atoms with Gasteiger partial charge in [-0.2, -0.15) is 5.26 Å². The summed E-state index contributed by atoms with van der Waals surface area (Å²) in [5, 5.41) is 15.3. The minimum absolute atomic E-state index is 0.376. The lowest BCUT2D eigenvalue weighted by atomic mass is 10.1. The van der Waals surface area contributed by atoms with E-state index in [2.05, 4.69) is 23.3 Å². The molecular weight excluding hydrogens is 446 g/mol. The lowest BCUT2D eigenvalue weighted by Gasteiger charge is -2.09. The Kier molecular flexibility index (Phi) is 9.68. The fourth-order valence-corrected chi connectivity index (χ4v) is 4.06. The molecule has 0 unspecified atom stereocenters. The molecule has 7 heteroatoms. The summed E-state index contributed by atoms with van der Waals surface area (Å²) in [6.07, 6.45) is 5.75. The van der Waals surface area contributed by atoms with Gasteiger partial charge in [0.1, 0.15) is 22.4 Å². The summed E-state index contributed by atoms with van der Waals surface area (Å²) >= 11 is 1.39. The van der Waals surface area contributed by atoms with Crippen molar-refractivity contribution in [2.24, 2.45) is 0 Å². The molecule has 34 heavy (non-hydrogen) atoms. The Bertz CT molecular complexity index is 1150. The standard InChI is InChI=1S/C27H29N3O3S/c1-3-5-6-9-16-33-27(31)23-10-7-8-11-24(23)29-18-21(17-28)26-30-25(19-34-26)20-12-14-22(15-13-20)32-4-2/h7-8,10-15,18-19,29H,3-6,9,16H2,1-2H3/b21-18+. The van der Waals surface area contributed by atoms with Gasteiger partial charge in [-0.3, -0.25) is 0 Å². The van der Waals surface area contributed by atoms with Gasteiger partial charge < -0.3 is 14.8 Å². The zero-order valence-corrected chi connectivity index (χ0v) is 20.4. The van der Waals surface area contributed by atoms with Crippen LogP contribution in [0.4, 0.5) is 5.69 Å². The molecule has 0 fully saturated rings. The summed E-state index contributed by atoms with van der Waals surface area (Å²) in [5.74, 6) is 0.431. The van der Waals surface area contributed by atoms with Gasteiger partial charge in [0, 0.05) is 17.1 Å². The molecule has 0 aliphatic carbocycles. The number of esters is 1. The fourth-order valence-electron chi connectivity index (χ4n) is 3.27. The Morgan fingerprint density at radius 3 is 2.65 bits per heavy atom. The minimum Gasteiger partial charge on any atom is -0.494 e. The Morgan fingerprint density at radius 1 is 1.12 bits per heavy atom. The second-order valence-corrected chi connectivity index (χ2v) is 8.41. The van der Waals surface area contributed by atoms with Crippen molar-refractivity contribution in [3.8, 4) is 23.1 Å². The molecule has 0 radical (unpaired) electrons. The molecule has 0 amide bonds. The van der Waals surface area contributed by atoms with E-state index in [0.29, 0.717) is 35.0 Å². The molecule has 3 aromatic rings. The van der Waals surface area contributed by atoms with Crippen LogP contribution in [0, 0.1) is 11.3 Å². The van der Waals surface area contributed by atoms with Gasteiger partial charge in [0.25, 0.3) is 0 Å². The molecule has 0 bridgehead atoms. The topological polar surface area (TPSA) is 84.2 Å². The van der Waals surface area contributed by atoms with E-state index in [1.165, 1.54) is 11.3 Å². The smallest absolute Gasteiger partial charge is 0.340 e. The molecule has 3 rings (SSSR count). The van der Waals surface area contributed by atoms with E-state index in [-0.39, 0.29) is 5.97 Å². The Hall–Kier alpha value is -3.63. The van der Waals surface area contributed by atoms with Crippen LogP contribution < -0.4 is 10.1 Å². The number of nitrogens with one attached hydrogen (secondary N) is 1. The lowest BCUT2D eigenvalue weighted by Crippen LogP contribution is -2.09. The first kappa shape index (κ1) is 25.0. The number of thiazole rings is 1. The largest absolute Gasteiger partial charge is 0.494 e. The number of aromatic nitrogens is 1. The number of unbranched alkanes of at least 4 members (excludes halogenated alkanes) is 3. The van der Waals surface area contributed by atoms with Gasteiger partial charge in [-0.05, 0) is 49.7 Å². The van der Waals surface area contributed by atoms with Crippen molar-refractivity contribution in [2.45, 2.75) is 39.5 Å². The molecule has 0 atom stereocenters. The minimum atomic E-state index is -0.376. The molecule has 0 spiro atoms. The van der Waals surface area contributed by atoms with Crippen molar-refractivity contribution in [3.63, 3.8) is 0 Å². The average molecular weight is 476 g/mol. The van der Waals surface area contributed by atoms with Crippen LogP contribution in [0.5, 0.6) is 5.75 Å². The van der Waals surface area contributed by atoms with Crippen LogP contribution in [0.15, 0.2) is 60.1 Å². The van der Waals surface area contributed by atoms with Crippen LogP contribution in [0.25, 0.3) is 16.8 Å². The number of allylic oxidation sites excluding steroid dienone is 1. The third-order valence-electron chi connectivity index (χ3n) is 5.07. The maximum absolute atomic E-state index is 12.5. The number of hydrogen-bond donors (Lipinski definition) is 1. The van der Waals surface area contributed by atoms with Crippen molar-refractivity contribution in [1.82, 2.24) is 4.98 Å². The number of hydrogen-bond acceptors (Lipinski definition) is 7. The number of benzene rings is 2. The summed E-state index contributed by atoms with van der Waals surface area (Å²) in [6, 6.07) is 17.0. The highest BCUT2D eigenvalue weighted by Gasteiger charge is 2.13. The van der Waals surface area contributed by atoms with Gasteiger partial charge in [0.05, 0.1) is 30.2 Å².